The van der Waals surface area contributed by atoms with Gasteiger partial charge in [-0.25, -0.2) is 0 Å². The molecule has 2 aliphatic rings. The van der Waals surface area contributed by atoms with Gasteiger partial charge < -0.3 is 9.47 Å². The summed E-state index contributed by atoms with van der Waals surface area (Å²) in [6.07, 6.45) is 0.958. The van der Waals surface area contributed by atoms with Crippen molar-refractivity contribution in [3.8, 4) is 0 Å². The molecule has 4 rings (SSSR count). The van der Waals surface area contributed by atoms with E-state index in [1.807, 2.05) is 0 Å². The summed E-state index contributed by atoms with van der Waals surface area (Å²) in [7, 11) is 0. The summed E-state index contributed by atoms with van der Waals surface area (Å²) in [6, 6.07) is 16.7. The van der Waals surface area contributed by atoms with Crippen molar-refractivity contribution >= 4 is 11.8 Å². The average molecular weight is 270 g/mol. The number of hydrogen-bond donors (Lipinski definition) is 0. The third-order valence-corrected chi connectivity index (χ3v) is 4.75. The standard InChI is InChI=1S/C16H14O2S/c1-3-8-14-12(6-1)16(17-10-5-11-18-16)13-7-2-4-9-15(13)19-14/h1-4,6-9H,5,10-11H2. The molecule has 2 nitrogen and oxygen atoms in total. The van der Waals surface area contributed by atoms with E-state index < -0.39 is 5.79 Å². The van der Waals surface area contributed by atoms with Crippen molar-refractivity contribution in [3.63, 3.8) is 0 Å². The van der Waals surface area contributed by atoms with Gasteiger partial charge >= 0.3 is 0 Å². The predicted molar refractivity (Wildman–Crippen MR) is 74.3 cm³/mol. The van der Waals surface area contributed by atoms with E-state index in [2.05, 4.69) is 48.5 Å². The van der Waals surface area contributed by atoms with E-state index in [1.165, 1.54) is 9.79 Å². The molecule has 2 heterocycles. The second-order valence-corrected chi connectivity index (χ2v) is 5.85. The van der Waals surface area contributed by atoms with Crippen LogP contribution in [0.1, 0.15) is 17.5 Å². The van der Waals surface area contributed by atoms with Crippen molar-refractivity contribution in [2.24, 2.45) is 0 Å². The summed E-state index contributed by atoms with van der Waals surface area (Å²) >= 11 is 1.79. The maximum Gasteiger partial charge on any atom is 0.224 e. The van der Waals surface area contributed by atoms with Crippen LogP contribution in [0.4, 0.5) is 0 Å². The third kappa shape index (κ3) is 1.66. The van der Waals surface area contributed by atoms with Crippen LogP contribution in [-0.2, 0) is 15.3 Å². The van der Waals surface area contributed by atoms with Gasteiger partial charge in [0, 0.05) is 20.9 Å². The van der Waals surface area contributed by atoms with Crippen molar-refractivity contribution < 1.29 is 9.47 Å². The zero-order valence-electron chi connectivity index (χ0n) is 10.5. The van der Waals surface area contributed by atoms with Crippen LogP contribution in [-0.4, -0.2) is 13.2 Å². The van der Waals surface area contributed by atoms with Gasteiger partial charge in [-0.15, -0.1) is 0 Å². The molecule has 0 unspecified atom stereocenters. The van der Waals surface area contributed by atoms with Crippen molar-refractivity contribution in [2.45, 2.75) is 22.0 Å². The molecule has 0 saturated carbocycles. The Balaban J connectivity index is 1.98. The molecule has 19 heavy (non-hydrogen) atoms. The summed E-state index contributed by atoms with van der Waals surface area (Å²) in [5, 5.41) is 0. The Morgan fingerprint density at radius 1 is 0.789 bits per heavy atom. The first-order chi connectivity index (χ1) is 9.40. The number of hydrogen-bond acceptors (Lipinski definition) is 3. The van der Waals surface area contributed by atoms with Crippen LogP contribution in [0.2, 0.25) is 0 Å². The molecule has 2 aromatic rings. The van der Waals surface area contributed by atoms with Gasteiger partial charge in [0.1, 0.15) is 0 Å². The van der Waals surface area contributed by atoms with Crippen LogP contribution in [0, 0.1) is 0 Å². The monoisotopic (exact) mass is 270 g/mol. The molecule has 96 valence electrons. The Labute approximate surface area is 116 Å². The molecule has 2 aromatic carbocycles. The molecule has 1 spiro atoms. The number of fused-ring (bicyclic) bond motifs is 4. The third-order valence-electron chi connectivity index (χ3n) is 3.60. The number of ether oxygens (including phenoxy) is 2. The highest BCUT2D eigenvalue weighted by Gasteiger charge is 2.44. The molecule has 0 aliphatic carbocycles. The molecule has 0 aromatic heterocycles. The van der Waals surface area contributed by atoms with Gasteiger partial charge in [0.2, 0.25) is 5.79 Å². The van der Waals surface area contributed by atoms with Gasteiger partial charge in [0.15, 0.2) is 0 Å². The zero-order chi connectivity index (χ0) is 12.7. The van der Waals surface area contributed by atoms with Gasteiger partial charge in [-0.05, 0) is 18.6 Å². The Bertz CT molecular complexity index is 570. The predicted octanol–water partition coefficient (Wildman–Crippen LogP) is 3.79. The SMILES string of the molecule is c1ccc2c(c1)Sc1ccccc1C21OCCCO1. The largest absolute Gasteiger partial charge is 0.342 e. The van der Waals surface area contributed by atoms with Crippen LogP contribution in [0.5, 0.6) is 0 Å². The fourth-order valence-corrected chi connectivity index (χ4v) is 3.92. The van der Waals surface area contributed by atoms with E-state index in [1.54, 1.807) is 11.8 Å². The highest BCUT2D eigenvalue weighted by atomic mass is 32.2. The minimum absolute atomic E-state index is 0.698. The Kier molecular flexibility index (Phi) is 2.65. The van der Waals surface area contributed by atoms with E-state index in [0.717, 1.165) is 30.8 Å². The Hall–Kier alpha value is -1.29. The van der Waals surface area contributed by atoms with Gasteiger partial charge in [-0.1, -0.05) is 48.2 Å². The summed E-state index contributed by atoms with van der Waals surface area (Å²) in [4.78, 5) is 2.45. The van der Waals surface area contributed by atoms with Crippen molar-refractivity contribution in [3.05, 3.63) is 59.7 Å². The maximum absolute atomic E-state index is 6.12. The molecule has 0 bridgehead atoms. The molecule has 0 amide bonds. The minimum Gasteiger partial charge on any atom is -0.342 e. The molecule has 0 N–H and O–H groups in total. The Morgan fingerprint density at radius 3 is 1.89 bits per heavy atom. The summed E-state index contributed by atoms with van der Waals surface area (Å²) in [5.74, 6) is -0.698. The molecular weight excluding hydrogens is 256 g/mol. The lowest BCUT2D eigenvalue weighted by molar-refractivity contribution is -0.252. The first kappa shape index (κ1) is 11.5. The Morgan fingerprint density at radius 2 is 1.32 bits per heavy atom. The average Bonchev–Trinajstić information content (AvgIpc) is 2.49. The van der Waals surface area contributed by atoms with Crippen molar-refractivity contribution in [2.75, 3.05) is 13.2 Å². The lowest BCUT2D eigenvalue weighted by Gasteiger charge is -2.42. The van der Waals surface area contributed by atoms with E-state index in [4.69, 9.17) is 9.47 Å². The van der Waals surface area contributed by atoms with Crippen LogP contribution in [0.25, 0.3) is 0 Å². The molecule has 3 heteroatoms. The molecule has 0 atom stereocenters. The van der Waals surface area contributed by atoms with Crippen molar-refractivity contribution in [1.29, 1.82) is 0 Å². The number of rotatable bonds is 0. The lowest BCUT2D eigenvalue weighted by atomic mass is 9.95. The fraction of sp³-hybridized carbons (Fsp3) is 0.250. The van der Waals surface area contributed by atoms with Crippen LogP contribution < -0.4 is 0 Å². The number of benzene rings is 2. The van der Waals surface area contributed by atoms with Gasteiger partial charge in [-0.3, -0.25) is 0 Å². The lowest BCUT2D eigenvalue weighted by Crippen LogP contribution is -2.41. The van der Waals surface area contributed by atoms with Gasteiger partial charge in [0.25, 0.3) is 0 Å². The van der Waals surface area contributed by atoms with Crippen LogP contribution in [0.15, 0.2) is 58.3 Å². The molecular formula is C16H14O2S. The van der Waals surface area contributed by atoms with Crippen molar-refractivity contribution in [1.82, 2.24) is 0 Å². The fourth-order valence-electron chi connectivity index (χ4n) is 2.76. The first-order valence-corrected chi connectivity index (χ1v) is 7.37. The second-order valence-electron chi connectivity index (χ2n) is 4.76. The summed E-state index contributed by atoms with van der Waals surface area (Å²) in [5.41, 5.74) is 2.27. The van der Waals surface area contributed by atoms with Crippen LogP contribution >= 0.6 is 11.8 Å². The molecule has 1 fully saturated rings. The molecule has 1 saturated heterocycles. The molecule has 0 radical (unpaired) electrons. The van der Waals surface area contributed by atoms with E-state index in [-0.39, 0.29) is 0 Å². The molecule has 2 aliphatic heterocycles. The van der Waals surface area contributed by atoms with Gasteiger partial charge in [0.05, 0.1) is 13.2 Å². The minimum atomic E-state index is -0.698. The van der Waals surface area contributed by atoms with Crippen LogP contribution in [0.3, 0.4) is 0 Å². The first-order valence-electron chi connectivity index (χ1n) is 6.55. The van der Waals surface area contributed by atoms with E-state index >= 15 is 0 Å². The quantitative estimate of drug-likeness (QED) is 0.725. The smallest absolute Gasteiger partial charge is 0.224 e. The maximum atomic E-state index is 6.12. The summed E-state index contributed by atoms with van der Waals surface area (Å²) in [6.45, 7) is 1.49. The highest BCUT2D eigenvalue weighted by molar-refractivity contribution is 7.99. The van der Waals surface area contributed by atoms with E-state index in [9.17, 15) is 0 Å². The second kappa shape index (κ2) is 4.37. The van der Waals surface area contributed by atoms with Gasteiger partial charge in [-0.2, -0.15) is 0 Å². The van der Waals surface area contributed by atoms with E-state index in [0.29, 0.717) is 0 Å². The zero-order valence-corrected chi connectivity index (χ0v) is 11.3. The highest BCUT2D eigenvalue weighted by Crippen LogP contribution is 2.51. The summed E-state index contributed by atoms with van der Waals surface area (Å²) < 4.78 is 12.2. The normalized spacial score (nSPS) is 19.8. The topological polar surface area (TPSA) is 18.5 Å².